The fourth-order valence-corrected chi connectivity index (χ4v) is 3.57. The predicted molar refractivity (Wildman–Crippen MR) is 74.9 cm³/mol. The van der Waals surface area contributed by atoms with Gasteiger partial charge >= 0.3 is 0 Å². The molecule has 0 aromatic heterocycles. The Balaban J connectivity index is 1.82. The molecule has 4 heteroatoms. The normalized spacial score (nSPS) is 28.6. The molecule has 108 valence electrons. The van der Waals surface area contributed by atoms with E-state index in [-0.39, 0.29) is 11.8 Å². The standard InChI is InChI=1S/C15H26N2O2/c1-16-15(19)9-5-11-17-10-4-7-13(17)12-6-2-3-8-14(12)18/h12-13H,2-11H2,1H3,(H,16,19). The van der Waals surface area contributed by atoms with Crippen LogP contribution < -0.4 is 5.32 Å². The van der Waals surface area contributed by atoms with E-state index in [4.69, 9.17) is 0 Å². The van der Waals surface area contributed by atoms with Gasteiger partial charge in [-0.1, -0.05) is 6.42 Å². The third kappa shape index (κ3) is 3.78. The Morgan fingerprint density at radius 3 is 2.89 bits per heavy atom. The Kier molecular flexibility index (Phi) is 5.37. The van der Waals surface area contributed by atoms with Gasteiger partial charge in [-0.3, -0.25) is 14.5 Å². The zero-order valence-corrected chi connectivity index (χ0v) is 12.0. The molecule has 2 atom stereocenters. The molecule has 0 bridgehead atoms. The summed E-state index contributed by atoms with van der Waals surface area (Å²) in [6, 6.07) is 0.456. The molecule has 0 radical (unpaired) electrons. The van der Waals surface area contributed by atoms with Crippen molar-refractivity contribution in [1.29, 1.82) is 0 Å². The summed E-state index contributed by atoms with van der Waals surface area (Å²) in [5, 5.41) is 2.66. The first-order valence-corrected chi connectivity index (χ1v) is 7.69. The summed E-state index contributed by atoms with van der Waals surface area (Å²) in [4.78, 5) is 25.8. The average Bonchev–Trinajstić information content (AvgIpc) is 2.87. The van der Waals surface area contributed by atoms with Crippen molar-refractivity contribution in [3.05, 3.63) is 0 Å². The lowest BCUT2D eigenvalue weighted by Crippen LogP contribution is -2.41. The molecule has 1 saturated heterocycles. The molecule has 1 N–H and O–H groups in total. The van der Waals surface area contributed by atoms with Crippen molar-refractivity contribution in [2.24, 2.45) is 5.92 Å². The molecule has 2 aliphatic rings. The van der Waals surface area contributed by atoms with E-state index >= 15 is 0 Å². The number of likely N-dealkylation sites (tertiary alicyclic amines) is 1. The molecule has 2 rings (SSSR count). The molecule has 2 fully saturated rings. The van der Waals surface area contributed by atoms with Crippen LogP contribution in [0.3, 0.4) is 0 Å². The van der Waals surface area contributed by atoms with E-state index in [0.717, 1.165) is 45.2 Å². The number of amides is 1. The van der Waals surface area contributed by atoms with Crippen molar-refractivity contribution in [3.8, 4) is 0 Å². The lowest BCUT2D eigenvalue weighted by atomic mass is 9.82. The molecule has 1 saturated carbocycles. The maximum atomic E-state index is 12.1. The van der Waals surface area contributed by atoms with Crippen LogP contribution in [0.25, 0.3) is 0 Å². The van der Waals surface area contributed by atoms with Crippen LogP contribution in [0.15, 0.2) is 0 Å². The van der Waals surface area contributed by atoms with Gasteiger partial charge in [-0.05, 0) is 45.2 Å². The maximum absolute atomic E-state index is 12.1. The number of carbonyl (C=O) groups is 2. The molecule has 0 spiro atoms. The van der Waals surface area contributed by atoms with Crippen LogP contribution in [0.4, 0.5) is 0 Å². The van der Waals surface area contributed by atoms with Gasteiger partial charge in [0, 0.05) is 31.8 Å². The van der Waals surface area contributed by atoms with Crippen LogP contribution in [0.5, 0.6) is 0 Å². The molecule has 1 aliphatic heterocycles. The lowest BCUT2D eigenvalue weighted by Gasteiger charge is -2.33. The lowest BCUT2D eigenvalue weighted by molar-refractivity contribution is -0.127. The number of carbonyl (C=O) groups excluding carboxylic acids is 2. The van der Waals surface area contributed by atoms with Crippen molar-refractivity contribution in [1.82, 2.24) is 10.2 Å². The van der Waals surface area contributed by atoms with Crippen molar-refractivity contribution >= 4 is 11.7 Å². The Bertz CT molecular complexity index is 330. The molecular formula is C15H26N2O2. The fourth-order valence-electron chi connectivity index (χ4n) is 3.57. The molecule has 4 nitrogen and oxygen atoms in total. The summed E-state index contributed by atoms with van der Waals surface area (Å²) in [6.45, 7) is 2.06. The van der Waals surface area contributed by atoms with Gasteiger partial charge in [0.1, 0.15) is 5.78 Å². The number of hydrogen-bond donors (Lipinski definition) is 1. The van der Waals surface area contributed by atoms with Crippen LogP contribution in [-0.2, 0) is 9.59 Å². The van der Waals surface area contributed by atoms with Crippen molar-refractivity contribution in [2.45, 2.75) is 57.4 Å². The summed E-state index contributed by atoms with van der Waals surface area (Å²) in [7, 11) is 1.68. The number of rotatable bonds is 5. The monoisotopic (exact) mass is 266 g/mol. The first kappa shape index (κ1) is 14.5. The summed E-state index contributed by atoms with van der Waals surface area (Å²) in [6.07, 6.45) is 8.01. The van der Waals surface area contributed by atoms with Crippen LogP contribution in [0.2, 0.25) is 0 Å². The van der Waals surface area contributed by atoms with Crippen molar-refractivity contribution < 1.29 is 9.59 Å². The Morgan fingerprint density at radius 2 is 2.16 bits per heavy atom. The highest BCUT2D eigenvalue weighted by Crippen LogP contribution is 2.32. The highest BCUT2D eigenvalue weighted by molar-refractivity contribution is 5.82. The SMILES string of the molecule is CNC(=O)CCCN1CCCC1C1CCCCC1=O. The maximum Gasteiger partial charge on any atom is 0.219 e. The van der Waals surface area contributed by atoms with Gasteiger partial charge in [0.15, 0.2) is 0 Å². The van der Waals surface area contributed by atoms with Gasteiger partial charge in [0.2, 0.25) is 5.91 Å². The quantitative estimate of drug-likeness (QED) is 0.824. The van der Waals surface area contributed by atoms with E-state index in [1.54, 1.807) is 7.05 Å². The Labute approximate surface area is 115 Å². The highest BCUT2D eigenvalue weighted by atomic mass is 16.1. The van der Waals surface area contributed by atoms with Gasteiger partial charge in [0.25, 0.3) is 0 Å². The molecule has 1 amide bonds. The Morgan fingerprint density at radius 1 is 1.32 bits per heavy atom. The molecule has 0 aromatic rings. The third-order valence-electron chi connectivity index (χ3n) is 4.61. The van der Waals surface area contributed by atoms with Crippen LogP contribution in [-0.4, -0.2) is 42.8 Å². The second kappa shape index (κ2) is 7.04. The Hall–Kier alpha value is -0.900. The first-order chi connectivity index (χ1) is 9.22. The van der Waals surface area contributed by atoms with E-state index < -0.39 is 0 Å². The molecule has 2 unspecified atom stereocenters. The van der Waals surface area contributed by atoms with Crippen LogP contribution in [0, 0.1) is 5.92 Å². The molecule has 1 heterocycles. The molecule has 19 heavy (non-hydrogen) atoms. The van der Waals surface area contributed by atoms with Crippen LogP contribution in [0.1, 0.15) is 51.4 Å². The number of ketones is 1. The second-order valence-electron chi connectivity index (χ2n) is 5.84. The van der Waals surface area contributed by atoms with E-state index in [2.05, 4.69) is 10.2 Å². The number of nitrogens with zero attached hydrogens (tertiary/aromatic N) is 1. The van der Waals surface area contributed by atoms with E-state index in [0.29, 0.717) is 18.2 Å². The topological polar surface area (TPSA) is 49.4 Å². The van der Waals surface area contributed by atoms with Crippen molar-refractivity contribution in [3.63, 3.8) is 0 Å². The first-order valence-electron chi connectivity index (χ1n) is 7.69. The van der Waals surface area contributed by atoms with E-state index in [1.165, 1.54) is 12.8 Å². The minimum atomic E-state index is 0.115. The summed E-state index contributed by atoms with van der Waals surface area (Å²) >= 11 is 0. The van der Waals surface area contributed by atoms with Gasteiger partial charge < -0.3 is 5.32 Å². The second-order valence-corrected chi connectivity index (χ2v) is 5.84. The predicted octanol–water partition coefficient (Wildman–Crippen LogP) is 1.74. The zero-order chi connectivity index (χ0) is 13.7. The molecular weight excluding hydrogens is 240 g/mol. The van der Waals surface area contributed by atoms with E-state index in [9.17, 15) is 9.59 Å². The van der Waals surface area contributed by atoms with Crippen molar-refractivity contribution in [2.75, 3.05) is 20.1 Å². The fraction of sp³-hybridized carbons (Fsp3) is 0.867. The van der Waals surface area contributed by atoms with Gasteiger partial charge in [-0.25, -0.2) is 0 Å². The highest BCUT2D eigenvalue weighted by Gasteiger charge is 2.36. The summed E-state index contributed by atoms with van der Waals surface area (Å²) in [5.41, 5.74) is 0. The number of Topliss-reactive ketones (excluding diaryl/α,β-unsaturated/α-hetero) is 1. The summed E-state index contributed by atoms with van der Waals surface area (Å²) < 4.78 is 0. The molecule has 0 aromatic carbocycles. The number of nitrogens with one attached hydrogen (secondary N) is 1. The van der Waals surface area contributed by atoms with Gasteiger partial charge in [0.05, 0.1) is 0 Å². The van der Waals surface area contributed by atoms with E-state index in [1.807, 2.05) is 0 Å². The smallest absolute Gasteiger partial charge is 0.219 e. The zero-order valence-electron chi connectivity index (χ0n) is 12.0. The average molecular weight is 266 g/mol. The van der Waals surface area contributed by atoms with Crippen LogP contribution >= 0.6 is 0 Å². The minimum Gasteiger partial charge on any atom is -0.359 e. The third-order valence-corrected chi connectivity index (χ3v) is 4.61. The minimum absolute atomic E-state index is 0.115. The van der Waals surface area contributed by atoms with Gasteiger partial charge in [-0.2, -0.15) is 0 Å². The summed E-state index contributed by atoms with van der Waals surface area (Å²) in [5.74, 6) is 0.871. The largest absolute Gasteiger partial charge is 0.359 e. The van der Waals surface area contributed by atoms with Gasteiger partial charge in [-0.15, -0.1) is 0 Å². The molecule has 1 aliphatic carbocycles. The number of hydrogen-bond acceptors (Lipinski definition) is 3.